The smallest absolute Gasteiger partial charge is 0.279 e. The molecule has 2 aliphatic rings. The normalized spacial score (nSPS) is 21.1. The van der Waals surface area contributed by atoms with E-state index < -0.39 is 12.3 Å². The second-order valence-electron chi connectivity index (χ2n) is 7.11. The van der Waals surface area contributed by atoms with Crippen LogP contribution in [0, 0.1) is 0 Å². The maximum absolute atomic E-state index is 12.7. The highest BCUT2D eigenvalue weighted by Gasteiger charge is 2.48. The van der Waals surface area contributed by atoms with Gasteiger partial charge in [0.2, 0.25) is 5.91 Å². The third-order valence-electron chi connectivity index (χ3n) is 5.37. The Kier molecular flexibility index (Phi) is 5.41. The molecule has 2 fully saturated rings. The van der Waals surface area contributed by atoms with E-state index in [1.165, 1.54) is 0 Å². The molecule has 0 aromatic carbocycles. The van der Waals surface area contributed by atoms with Gasteiger partial charge in [-0.1, -0.05) is 0 Å². The van der Waals surface area contributed by atoms with Gasteiger partial charge in [-0.05, 0) is 31.0 Å². The number of nitrogens with zero attached hydrogens (tertiary/aromatic N) is 4. The van der Waals surface area contributed by atoms with Gasteiger partial charge >= 0.3 is 0 Å². The number of H-pyrrole nitrogens is 1. The van der Waals surface area contributed by atoms with E-state index in [0.717, 1.165) is 6.07 Å². The molecule has 0 saturated carbocycles. The molecule has 29 heavy (non-hydrogen) atoms. The van der Waals surface area contributed by atoms with Crippen LogP contribution in [-0.4, -0.2) is 68.6 Å². The molecular weight excluding hydrogens is 384 g/mol. The molecule has 4 rings (SSSR count). The molecule has 10 heteroatoms. The molecule has 8 nitrogen and oxygen atoms in total. The average molecular weight is 405 g/mol. The van der Waals surface area contributed by atoms with Gasteiger partial charge in [0.1, 0.15) is 11.4 Å². The molecule has 0 bridgehead atoms. The number of rotatable bonds is 7. The molecule has 2 saturated heterocycles. The first kappa shape index (κ1) is 19.3. The van der Waals surface area contributed by atoms with Gasteiger partial charge in [0.15, 0.2) is 5.69 Å². The van der Waals surface area contributed by atoms with Crippen LogP contribution in [0.2, 0.25) is 0 Å². The van der Waals surface area contributed by atoms with Crippen LogP contribution in [0.1, 0.15) is 41.9 Å². The van der Waals surface area contributed by atoms with E-state index in [4.69, 9.17) is 4.74 Å². The number of alkyl halides is 2. The van der Waals surface area contributed by atoms with E-state index in [2.05, 4.69) is 15.2 Å². The van der Waals surface area contributed by atoms with E-state index >= 15 is 0 Å². The van der Waals surface area contributed by atoms with Crippen molar-refractivity contribution >= 4 is 11.8 Å². The molecule has 4 heterocycles. The summed E-state index contributed by atoms with van der Waals surface area (Å²) in [5.41, 5.74) is -0.432. The Balaban J connectivity index is 1.33. The van der Waals surface area contributed by atoms with Crippen molar-refractivity contribution in [3.8, 4) is 5.75 Å². The zero-order valence-corrected chi connectivity index (χ0v) is 15.6. The van der Waals surface area contributed by atoms with Crippen LogP contribution in [0.3, 0.4) is 0 Å². The van der Waals surface area contributed by atoms with Crippen LogP contribution in [0.25, 0.3) is 0 Å². The summed E-state index contributed by atoms with van der Waals surface area (Å²) >= 11 is 0. The van der Waals surface area contributed by atoms with Crippen molar-refractivity contribution in [1.82, 2.24) is 25.0 Å². The van der Waals surface area contributed by atoms with Crippen molar-refractivity contribution in [2.45, 2.75) is 37.8 Å². The van der Waals surface area contributed by atoms with Crippen molar-refractivity contribution in [3.63, 3.8) is 0 Å². The monoisotopic (exact) mass is 405 g/mol. The lowest BCUT2D eigenvalue weighted by molar-refractivity contribution is -0.129. The maximum atomic E-state index is 12.7. The molecule has 0 radical (unpaired) electrons. The topological polar surface area (TPSA) is 91.4 Å². The second-order valence-corrected chi connectivity index (χ2v) is 7.11. The number of fused-ring (bicyclic) bond motifs is 1. The lowest BCUT2D eigenvalue weighted by atomic mass is 10.1. The van der Waals surface area contributed by atoms with Gasteiger partial charge in [0.25, 0.3) is 12.3 Å². The molecule has 0 spiro atoms. The predicted molar refractivity (Wildman–Crippen MR) is 97.5 cm³/mol. The Morgan fingerprint density at radius 2 is 2.24 bits per heavy atom. The van der Waals surface area contributed by atoms with Gasteiger partial charge in [-0.15, -0.1) is 0 Å². The minimum absolute atomic E-state index is 0.00539. The Hall–Kier alpha value is -3.04. The van der Waals surface area contributed by atoms with Gasteiger partial charge in [0.05, 0.1) is 24.9 Å². The van der Waals surface area contributed by atoms with E-state index in [0.29, 0.717) is 38.3 Å². The van der Waals surface area contributed by atoms with Crippen molar-refractivity contribution in [2.75, 3.05) is 19.7 Å². The predicted octanol–water partition coefficient (Wildman–Crippen LogP) is 2.03. The van der Waals surface area contributed by atoms with Crippen molar-refractivity contribution < 1.29 is 23.1 Å². The highest BCUT2D eigenvalue weighted by molar-refractivity contribution is 5.94. The van der Waals surface area contributed by atoms with Crippen LogP contribution >= 0.6 is 0 Å². The summed E-state index contributed by atoms with van der Waals surface area (Å²) in [6.07, 6.45) is 2.15. The highest BCUT2D eigenvalue weighted by Crippen LogP contribution is 2.33. The van der Waals surface area contributed by atoms with Crippen LogP contribution in [0.4, 0.5) is 8.78 Å². The van der Waals surface area contributed by atoms with Gasteiger partial charge in [0, 0.05) is 25.7 Å². The number of aromatic amines is 1. The maximum Gasteiger partial charge on any atom is 0.279 e. The number of carbonyl (C=O) groups is 2. The summed E-state index contributed by atoms with van der Waals surface area (Å²) < 4.78 is 31.1. The van der Waals surface area contributed by atoms with Crippen LogP contribution < -0.4 is 4.74 Å². The summed E-state index contributed by atoms with van der Waals surface area (Å²) in [5.74, 6) is 0.252. The molecule has 0 aliphatic carbocycles. The first-order valence-corrected chi connectivity index (χ1v) is 9.51. The molecule has 2 aromatic rings. The van der Waals surface area contributed by atoms with Gasteiger partial charge < -0.3 is 14.5 Å². The fourth-order valence-corrected chi connectivity index (χ4v) is 4.03. The Labute approximate surface area is 165 Å². The van der Waals surface area contributed by atoms with E-state index in [1.807, 2.05) is 6.07 Å². The van der Waals surface area contributed by atoms with Gasteiger partial charge in [-0.3, -0.25) is 19.7 Å². The molecule has 2 aliphatic heterocycles. The van der Waals surface area contributed by atoms with Gasteiger partial charge in [-0.25, -0.2) is 8.78 Å². The zero-order chi connectivity index (χ0) is 20.4. The van der Waals surface area contributed by atoms with Crippen molar-refractivity contribution in [1.29, 1.82) is 0 Å². The molecule has 0 unspecified atom stereocenters. The molecule has 2 atom stereocenters. The summed E-state index contributed by atoms with van der Waals surface area (Å²) in [4.78, 5) is 32.5. The van der Waals surface area contributed by atoms with E-state index in [9.17, 15) is 18.4 Å². The summed E-state index contributed by atoms with van der Waals surface area (Å²) in [6, 6.07) is 4.38. The summed E-state index contributed by atoms with van der Waals surface area (Å²) in [7, 11) is 0. The Morgan fingerprint density at radius 1 is 1.38 bits per heavy atom. The average Bonchev–Trinajstić information content (AvgIpc) is 3.42. The number of carbonyl (C=O) groups excluding carboxylic acids is 2. The minimum atomic E-state index is -2.71. The lowest BCUT2D eigenvalue weighted by Crippen LogP contribution is -2.40. The third kappa shape index (κ3) is 3.92. The molecule has 2 amide bonds. The lowest BCUT2D eigenvalue weighted by Gasteiger charge is -2.25. The van der Waals surface area contributed by atoms with Crippen molar-refractivity contribution in [2.24, 2.45) is 0 Å². The number of halogens is 2. The number of pyridine rings is 1. The molecule has 154 valence electrons. The third-order valence-corrected chi connectivity index (χ3v) is 5.37. The summed E-state index contributed by atoms with van der Waals surface area (Å²) in [5, 5.41) is 5.90. The van der Waals surface area contributed by atoms with Crippen LogP contribution in [0.15, 0.2) is 30.6 Å². The fraction of sp³-hybridized carbons (Fsp3) is 0.474. The number of aromatic nitrogens is 3. The number of hydrogen-bond donors (Lipinski definition) is 1. The largest absolute Gasteiger partial charge is 0.492 e. The second kappa shape index (κ2) is 8.14. The molecule has 1 N–H and O–H groups in total. The first-order chi connectivity index (χ1) is 14.0. The SMILES string of the molecule is O=C1C[C@H]2[C@H](CCN2C(=O)c2cc(C(F)F)[nH]n2)N1CCCOc1cccnc1. The number of nitrogens with one attached hydrogen (secondary N) is 1. The minimum Gasteiger partial charge on any atom is -0.492 e. The van der Waals surface area contributed by atoms with Crippen LogP contribution in [0.5, 0.6) is 5.75 Å². The number of amides is 2. The molecular formula is C19H21F2N5O3. The number of hydrogen-bond acceptors (Lipinski definition) is 5. The Morgan fingerprint density at radius 3 is 2.97 bits per heavy atom. The first-order valence-electron chi connectivity index (χ1n) is 9.51. The van der Waals surface area contributed by atoms with Crippen LogP contribution in [-0.2, 0) is 4.79 Å². The van der Waals surface area contributed by atoms with E-state index in [1.54, 1.807) is 28.3 Å². The Bertz CT molecular complexity index is 876. The summed E-state index contributed by atoms with van der Waals surface area (Å²) in [6.45, 7) is 1.47. The quantitative estimate of drug-likeness (QED) is 0.712. The highest BCUT2D eigenvalue weighted by atomic mass is 19.3. The zero-order valence-electron chi connectivity index (χ0n) is 15.6. The molecule has 2 aromatic heterocycles. The van der Waals surface area contributed by atoms with Crippen molar-refractivity contribution in [3.05, 3.63) is 42.0 Å². The fourth-order valence-electron chi connectivity index (χ4n) is 4.03. The number of likely N-dealkylation sites (tertiary alicyclic amines) is 2. The van der Waals surface area contributed by atoms with Gasteiger partial charge in [-0.2, -0.15) is 5.10 Å². The van der Waals surface area contributed by atoms with E-state index in [-0.39, 0.29) is 35.8 Å². The standard InChI is InChI=1S/C19H21F2N5O3/c20-18(21)13-9-14(24-23-13)19(28)26-7-4-15-16(26)10-17(27)25(15)6-2-8-29-12-3-1-5-22-11-12/h1,3,5,9,11,15-16,18H,2,4,6-8,10H2,(H,23,24)/t15-,16-/m0/s1. The number of ether oxygens (including phenoxy) is 1.